The van der Waals surface area contributed by atoms with Crippen molar-refractivity contribution in [2.75, 3.05) is 13.2 Å². The smallest absolute Gasteiger partial charge is 0.329 e. The van der Waals surface area contributed by atoms with Gasteiger partial charge in [0, 0.05) is 18.5 Å². The summed E-state index contributed by atoms with van der Waals surface area (Å²) in [4.78, 5) is 37.4. The van der Waals surface area contributed by atoms with E-state index in [2.05, 4.69) is 16.7 Å². The van der Waals surface area contributed by atoms with Crippen molar-refractivity contribution in [3.05, 3.63) is 83.4 Å². The molecular formula is C26H30N2O4. The van der Waals surface area contributed by atoms with E-state index >= 15 is 0 Å². The first-order valence-corrected chi connectivity index (χ1v) is 11.1. The summed E-state index contributed by atoms with van der Waals surface area (Å²) in [5.41, 5.74) is 2.71. The number of ether oxygens (including phenoxy) is 1. The molecule has 168 valence electrons. The lowest BCUT2D eigenvalue weighted by atomic mass is 9.97. The third kappa shape index (κ3) is 7.69. The molecule has 2 N–H and O–H groups in total. The van der Waals surface area contributed by atoms with Crippen LogP contribution in [0.5, 0.6) is 0 Å². The van der Waals surface area contributed by atoms with Gasteiger partial charge in [-0.1, -0.05) is 60.2 Å². The minimum absolute atomic E-state index is 0.272. The van der Waals surface area contributed by atoms with Gasteiger partial charge in [0.2, 0.25) is 0 Å². The molecule has 0 bridgehead atoms. The number of rotatable bonds is 10. The molecule has 6 heteroatoms. The molecule has 0 saturated carbocycles. The number of nitrogens with one attached hydrogen (secondary N) is 2. The summed E-state index contributed by atoms with van der Waals surface area (Å²) < 4.78 is 5.24. The Balaban J connectivity index is 1.52. The molecule has 2 aromatic rings. The predicted molar refractivity (Wildman–Crippen MR) is 123 cm³/mol. The Morgan fingerprint density at radius 2 is 1.66 bits per heavy atom. The minimum Gasteiger partial charge on any atom is -0.454 e. The van der Waals surface area contributed by atoms with Crippen molar-refractivity contribution >= 4 is 17.8 Å². The van der Waals surface area contributed by atoms with Gasteiger partial charge in [-0.3, -0.25) is 9.59 Å². The van der Waals surface area contributed by atoms with Crippen LogP contribution in [0.15, 0.2) is 72.3 Å². The number of esters is 1. The van der Waals surface area contributed by atoms with Crippen LogP contribution < -0.4 is 10.6 Å². The zero-order valence-corrected chi connectivity index (χ0v) is 18.2. The first-order valence-electron chi connectivity index (χ1n) is 11.1. The van der Waals surface area contributed by atoms with Crippen molar-refractivity contribution in [1.82, 2.24) is 10.6 Å². The summed E-state index contributed by atoms with van der Waals surface area (Å²) in [5.74, 6) is -1.35. The summed E-state index contributed by atoms with van der Waals surface area (Å²) in [6, 6.07) is 17.2. The first-order chi connectivity index (χ1) is 15.6. The molecule has 2 amide bonds. The van der Waals surface area contributed by atoms with Crippen LogP contribution >= 0.6 is 0 Å². The maximum atomic E-state index is 12.7. The SMILES string of the molecule is O=C(COC(=O)C(Cc1ccccc1)NC(=O)c1ccccc1)NCCC1=CCCCC1. The predicted octanol–water partition coefficient (Wildman–Crippen LogP) is 3.58. The molecule has 6 nitrogen and oxygen atoms in total. The maximum Gasteiger partial charge on any atom is 0.329 e. The van der Waals surface area contributed by atoms with E-state index < -0.39 is 12.0 Å². The quantitative estimate of drug-likeness (QED) is 0.442. The van der Waals surface area contributed by atoms with Gasteiger partial charge in [0.15, 0.2) is 6.61 Å². The van der Waals surface area contributed by atoms with Crippen molar-refractivity contribution < 1.29 is 19.1 Å². The third-order valence-corrected chi connectivity index (χ3v) is 5.41. The molecule has 1 unspecified atom stereocenters. The lowest BCUT2D eigenvalue weighted by Gasteiger charge is -2.18. The highest BCUT2D eigenvalue weighted by atomic mass is 16.5. The Kier molecular flexibility index (Phi) is 9.05. The van der Waals surface area contributed by atoms with Crippen molar-refractivity contribution in [3.8, 4) is 0 Å². The summed E-state index contributed by atoms with van der Waals surface area (Å²) >= 11 is 0. The lowest BCUT2D eigenvalue weighted by molar-refractivity contribution is -0.150. The molecule has 0 heterocycles. The normalized spacial score (nSPS) is 14.1. The number of amides is 2. The van der Waals surface area contributed by atoms with Gasteiger partial charge in [0.25, 0.3) is 11.8 Å². The average Bonchev–Trinajstić information content (AvgIpc) is 2.84. The van der Waals surface area contributed by atoms with E-state index in [4.69, 9.17) is 4.74 Å². The van der Waals surface area contributed by atoms with Crippen molar-refractivity contribution in [2.45, 2.75) is 44.6 Å². The summed E-state index contributed by atoms with van der Waals surface area (Å²) in [6.45, 7) is 0.158. The molecular weight excluding hydrogens is 404 g/mol. The van der Waals surface area contributed by atoms with Crippen LogP contribution in [0, 0.1) is 0 Å². The molecule has 1 aliphatic carbocycles. The van der Waals surface area contributed by atoms with E-state index in [1.54, 1.807) is 24.3 Å². The molecule has 0 aliphatic heterocycles. The van der Waals surface area contributed by atoms with Crippen LogP contribution in [-0.4, -0.2) is 37.0 Å². The topological polar surface area (TPSA) is 84.5 Å². The molecule has 1 aliphatic rings. The zero-order chi connectivity index (χ0) is 22.6. The fourth-order valence-electron chi connectivity index (χ4n) is 3.66. The van der Waals surface area contributed by atoms with E-state index in [0.717, 1.165) is 24.8 Å². The Labute approximate surface area is 189 Å². The summed E-state index contributed by atoms with van der Waals surface area (Å²) in [6.07, 6.45) is 7.98. The van der Waals surface area contributed by atoms with Gasteiger partial charge in [-0.15, -0.1) is 0 Å². The van der Waals surface area contributed by atoms with Gasteiger partial charge in [-0.25, -0.2) is 4.79 Å². The number of hydrogen-bond acceptors (Lipinski definition) is 4. The van der Waals surface area contributed by atoms with Gasteiger partial charge in [-0.05, 0) is 49.8 Å². The second kappa shape index (κ2) is 12.4. The van der Waals surface area contributed by atoms with Crippen LogP contribution in [0.25, 0.3) is 0 Å². The summed E-state index contributed by atoms with van der Waals surface area (Å²) in [5, 5.41) is 5.54. The molecule has 0 aromatic heterocycles. The van der Waals surface area contributed by atoms with E-state index in [1.807, 2.05) is 36.4 Å². The highest BCUT2D eigenvalue weighted by Gasteiger charge is 2.24. The summed E-state index contributed by atoms with van der Waals surface area (Å²) in [7, 11) is 0. The molecule has 1 atom stereocenters. The van der Waals surface area contributed by atoms with Crippen LogP contribution in [0.2, 0.25) is 0 Å². The van der Waals surface area contributed by atoms with Crippen molar-refractivity contribution in [2.24, 2.45) is 0 Å². The lowest BCUT2D eigenvalue weighted by Crippen LogP contribution is -2.44. The Morgan fingerprint density at radius 3 is 2.34 bits per heavy atom. The van der Waals surface area contributed by atoms with Crippen LogP contribution in [-0.2, 0) is 20.7 Å². The fourth-order valence-corrected chi connectivity index (χ4v) is 3.66. The molecule has 3 rings (SSSR count). The van der Waals surface area contributed by atoms with Gasteiger partial charge in [-0.2, -0.15) is 0 Å². The molecule has 0 fully saturated rings. The van der Waals surface area contributed by atoms with Crippen molar-refractivity contribution in [1.29, 1.82) is 0 Å². The Hall–Kier alpha value is -3.41. The van der Waals surface area contributed by atoms with Gasteiger partial charge in [0.1, 0.15) is 6.04 Å². The van der Waals surface area contributed by atoms with E-state index in [9.17, 15) is 14.4 Å². The number of hydrogen-bond donors (Lipinski definition) is 2. The molecule has 0 radical (unpaired) electrons. The third-order valence-electron chi connectivity index (χ3n) is 5.41. The largest absolute Gasteiger partial charge is 0.454 e. The average molecular weight is 435 g/mol. The Bertz CT molecular complexity index is 925. The highest BCUT2D eigenvalue weighted by Crippen LogP contribution is 2.19. The van der Waals surface area contributed by atoms with E-state index in [-0.39, 0.29) is 24.8 Å². The number of benzene rings is 2. The first kappa shape index (κ1) is 23.3. The number of carbonyl (C=O) groups is 3. The van der Waals surface area contributed by atoms with Gasteiger partial charge < -0.3 is 15.4 Å². The van der Waals surface area contributed by atoms with Crippen molar-refractivity contribution in [3.63, 3.8) is 0 Å². The number of allylic oxidation sites excluding steroid dienone is 1. The molecule has 2 aromatic carbocycles. The van der Waals surface area contributed by atoms with Crippen LogP contribution in [0.1, 0.15) is 48.0 Å². The second-order valence-electron chi connectivity index (χ2n) is 7.90. The number of carbonyl (C=O) groups excluding carboxylic acids is 3. The molecule has 0 spiro atoms. The van der Waals surface area contributed by atoms with Gasteiger partial charge in [0.05, 0.1) is 0 Å². The monoisotopic (exact) mass is 434 g/mol. The van der Waals surface area contributed by atoms with Gasteiger partial charge >= 0.3 is 5.97 Å². The highest BCUT2D eigenvalue weighted by molar-refractivity contribution is 5.97. The van der Waals surface area contributed by atoms with E-state index in [1.165, 1.54) is 18.4 Å². The second-order valence-corrected chi connectivity index (χ2v) is 7.90. The maximum absolute atomic E-state index is 12.7. The van der Waals surface area contributed by atoms with Crippen LogP contribution in [0.4, 0.5) is 0 Å². The van der Waals surface area contributed by atoms with E-state index in [0.29, 0.717) is 12.1 Å². The molecule has 0 saturated heterocycles. The van der Waals surface area contributed by atoms with Crippen LogP contribution in [0.3, 0.4) is 0 Å². The standard InChI is InChI=1S/C26H30N2O4/c29-24(27-17-16-20-10-4-1-5-11-20)19-32-26(31)23(18-21-12-6-2-7-13-21)28-25(30)22-14-8-3-9-15-22/h2-3,6-10,12-15,23H,1,4-5,11,16-19H2,(H,27,29)(H,28,30). The Morgan fingerprint density at radius 1 is 0.938 bits per heavy atom. The fraction of sp³-hybridized carbons (Fsp3) is 0.346. The zero-order valence-electron chi connectivity index (χ0n) is 18.2. The minimum atomic E-state index is -0.898. The molecule has 32 heavy (non-hydrogen) atoms.